The van der Waals surface area contributed by atoms with Crippen molar-refractivity contribution in [2.75, 3.05) is 13.6 Å². The van der Waals surface area contributed by atoms with Crippen molar-refractivity contribution in [2.45, 2.75) is 25.8 Å². The molecule has 0 atom stereocenters. The van der Waals surface area contributed by atoms with Crippen LogP contribution in [0.1, 0.15) is 24.8 Å². The van der Waals surface area contributed by atoms with E-state index in [9.17, 15) is 0 Å². The summed E-state index contributed by atoms with van der Waals surface area (Å²) in [6.45, 7) is 1.94. The second-order valence-electron chi connectivity index (χ2n) is 5.43. The Morgan fingerprint density at radius 2 is 2.06 bits per heavy atom. The Labute approximate surface area is 108 Å². The minimum absolute atomic E-state index is 0.236. The second kappa shape index (κ2) is 5.40. The molecule has 0 saturated heterocycles. The van der Waals surface area contributed by atoms with Crippen LogP contribution in [0, 0.1) is 5.41 Å². The highest BCUT2D eigenvalue weighted by Crippen LogP contribution is 2.49. The summed E-state index contributed by atoms with van der Waals surface area (Å²) in [6.07, 6.45) is 3.04. The van der Waals surface area contributed by atoms with Gasteiger partial charge in [-0.2, -0.15) is 0 Å². The van der Waals surface area contributed by atoms with Gasteiger partial charge in [0.1, 0.15) is 5.84 Å². The molecule has 0 aliphatic heterocycles. The maximum absolute atomic E-state index is 8.64. The first kappa shape index (κ1) is 12.9. The van der Waals surface area contributed by atoms with Crippen molar-refractivity contribution in [3.8, 4) is 0 Å². The van der Waals surface area contributed by atoms with Crippen molar-refractivity contribution in [1.82, 2.24) is 4.90 Å². The largest absolute Gasteiger partial charge is 0.409 e. The van der Waals surface area contributed by atoms with Crippen molar-refractivity contribution in [2.24, 2.45) is 16.3 Å². The van der Waals surface area contributed by atoms with Gasteiger partial charge < -0.3 is 15.8 Å². The zero-order valence-corrected chi connectivity index (χ0v) is 10.8. The molecule has 0 radical (unpaired) electrons. The average molecular weight is 247 g/mol. The standard InChI is InChI=1S/C14H21N3O/c1-17(10-12-5-3-2-4-6-12)11-14(7-8-14)9-13(15)16-18/h2-6,18H,7-11H2,1H3,(H2,15,16). The lowest BCUT2D eigenvalue weighted by Crippen LogP contribution is -2.29. The molecular weight excluding hydrogens is 226 g/mol. The van der Waals surface area contributed by atoms with Gasteiger partial charge in [-0.05, 0) is 30.9 Å². The fourth-order valence-electron chi connectivity index (χ4n) is 2.51. The summed E-state index contributed by atoms with van der Waals surface area (Å²) in [5.41, 5.74) is 7.16. The lowest BCUT2D eigenvalue weighted by atomic mass is 10.0. The maximum atomic E-state index is 8.64. The molecule has 4 nitrogen and oxygen atoms in total. The molecule has 4 heteroatoms. The molecule has 1 fully saturated rings. The molecule has 1 aromatic carbocycles. The van der Waals surface area contributed by atoms with E-state index in [2.05, 4.69) is 41.4 Å². The first-order chi connectivity index (χ1) is 8.63. The summed E-state index contributed by atoms with van der Waals surface area (Å²) >= 11 is 0. The predicted molar refractivity (Wildman–Crippen MR) is 72.5 cm³/mol. The molecule has 0 amide bonds. The van der Waals surface area contributed by atoms with E-state index in [4.69, 9.17) is 10.9 Å². The molecule has 1 saturated carbocycles. The van der Waals surface area contributed by atoms with Crippen LogP contribution >= 0.6 is 0 Å². The number of rotatable bonds is 6. The molecule has 0 unspecified atom stereocenters. The Bertz CT molecular complexity index is 412. The first-order valence-electron chi connectivity index (χ1n) is 6.32. The monoisotopic (exact) mass is 247 g/mol. The SMILES string of the molecule is CN(Cc1ccccc1)CC1(CC(N)=NO)CC1. The molecule has 2 rings (SSSR count). The Kier molecular flexibility index (Phi) is 3.87. The van der Waals surface area contributed by atoms with Gasteiger partial charge in [-0.1, -0.05) is 35.5 Å². The number of nitrogens with two attached hydrogens (primary N) is 1. The summed E-state index contributed by atoms with van der Waals surface area (Å²) in [7, 11) is 2.12. The molecule has 1 aliphatic rings. The quantitative estimate of drug-likeness (QED) is 0.350. The Hall–Kier alpha value is -1.55. The zero-order valence-electron chi connectivity index (χ0n) is 10.8. The number of hydrogen-bond donors (Lipinski definition) is 2. The van der Waals surface area contributed by atoms with E-state index in [1.807, 2.05) is 6.07 Å². The van der Waals surface area contributed by atoms with E-state index in [-0.39, 0.29) is 5.41 Å². The lowest BCUT2D eigenvalue weighted by molar-refractivity contribution is 0.256. The summed E-state index contributed by atoms with van der Waals surface area (Å²) in [4.78, 5) is 2.31. The Morgan fingerprint density at radius 3 is 2.61 bits per heavy atom. The molecule has 0 bridgehead atoms. The molecule has 3 N–H and O–H groups in total. The van der Waals surface area contributed by atoms with Crippen molar-refractivity contribution < 1.29 is 5.21 Å². The Morgan fingerprint density at radius 1 is 1.39 bits per heavy atom. The van der Waals surface area contributed by atoms with Crippen molar-refractivity contribution in [3.63, 3.8) is 0 Å². The summed E-state index contributed by atoms with van der Waals surface area (Å²) in [6, 6.07) is 10.4. The van der Waals surface area contributed by atoms with Crippen LogP contribution in [0.3, 0.4) is 0 Å². The van der Waals surface area contributed by atoms with Crippen LogP contribution in [0.25, 0.3) is 0 Å². The summed E-state index contributed by atoms with van der Waals surface area (Å²) < 4.78 is 0. The van der Waals surface area contributed by atoms with E-state index in [1.54, 1.807) is 0 Å². The van der Waals surface area contributed by atoms with Crippen LogP contribution < -0.4 is 5.73 Å². The van der Waals surface area contributed by atoms with Gasteiger partial charge >= 0.3 is 0 Å². The van der Waals surface area contributed by atoms with E-state index >= 15 is 0 Å². The fraction of sp³-hybridized carbons (Fsp3) is 0.500. The van der Waals surface area contributed by atoms with Gasteiger partial charge in [-0.3, -0.25) is 0 Å². The van der Waals surface area contributed by atoms with Gasteiger partial charge in [0, 0.05) is 19.5 Å². The van der Waals surface area contributed by atoms with Crippen LogP contribution in [0.4, 0.5) is 0 Å². The maximum Gasteiger partial charge on any atom is 0.139 e. The normalized spacial score (nSPS) is 18.0. The predicted octanol–water partition coefficient (Wildman–Crippen LogP) is 2.04. The second-order valence-corrected chi connectivity index (χ2v) is 5.43. The van der Waals surface area contributed by atoms with Crippen LogP contribution in [0.2, 0.25) is 0 Å². The third-order valence-corrected chi connectivity index (χ3v) is 3.54. The third kappa shape index (κ3) is 3.47. The number of benzene rings is 1. The van der Waals surface area contributed by atoms with E-state index in [0.717, 1.165) is 13.1 Å². The van der Waals surface area contributed by atoms with Crippen LogP contribution in [-0.2, 0) is 6.54 Å². The van der Waals surface area contributed by atoms with Crippen molar-refractivity contribution in [3.05, 3.63) is 35.9 Å². The van der Waals surface area contributed by atoms with Crippen LogP contribution in [-0.4, -0.2) is 29.5 Å². The van der Waals surface area contributed by atoms with Gasteiger partial charge in [0.05, 0.1) is 0 Å². The zero-order chi connectivity index (χ0) is 13.0. The molecule has 1 aromatic rings. The topological polar surface area (TPSA) is 61.8 Å². The molecule has 0 aromatic heterocycles. The van der Waals surface area contributed by atoms with Gasteiger partial charge in [-0.25, -0.2) is 0 Å². The average Bonchev–Trinajstić information content (AvgIpc) is 3.09. The number of amidine groups is 1. The van der Waals surface area contributed by atoms with Gasteiger partial charge in [0.15, 0.2) is 0 Å². The molecule has 18 heavy (non-hydrogen) atoms. The van der Waals surface area contributed by atoms with E-state index in [1.165, 1.54) is 18.4 Å². The molecule has 0 spiro atoms. The first-order valence-corrected chi connectivity index (χ1v) is 6.32. The minimum atomic E-state index is 0.236. The van der Waals surface area contributed by atoms with Gasteiger partial charge in [-0.15, -0.1) is 0 Å². The molecule has 1 aliphatic carbocycles. The Balaban J connectivity index is 1.86. The smallest absolute Gasteiger partial charge is 0.139 e. The molecular formula is C14H21N3O. The molecule has 0 heterocycles. The van der Waals surface area contributed by atoms with Gasteiger partial charge in [0.2, 0.25) is 0 Å². The van der Waals surface area contributed by atoms with Crippen molar-refractivity contribution in [1.29, 1.82) is 0 Å². The highest BCUT2D eigenvalue weighted by atomic mass is 16.4. The third-order valence-electron chi connectivity index (χ3n) is 3.54. The highest BCUT2D eigenvalue weighted by Gasteiger charge is 2.43. The minimum Gasteiger partial charge on any atom is -0.409 e. The van der Waals surface area contributed by atoms with E-state index in [0.29, 0.717) is 12.3 Å². The highest BCUT2D eigenvalue weighted by molar-refractivity contribution is 5.80. The van der Waals surface area contributed by atoms with E-state index < -0.39 is 0 Å². The van der Waals surface area contributed by atoms with Gasteiger partial charge in [0.25, 0.3) is 0 Å². The number of oxime groups is 1. The van der Waals surface area contributed by atoms with Crippen molar-refractivity contribution >= 4 is 5.84 Å². The lowest BCUT2D eigenvalue weighted by Gasteiger charge is -2.23. The summed E-state index contributed by atoms with van der Waals surface area (Å²) in [5.74, 6) is 0.348. The number of nitrogens with zero attached hydrogens (tertiary/aromatic N) is 2. The summed E-state index contributed by atoms with van der Waals surface area (Å²) in [5, 5.41) is 11.7. The van der Waals surface area contributed by atoms with Crippen LogP contribution in [0.5, 0.6) is 0 Å². The fourth-order valence-corrected chi connectivity index (χ4v) is 2.51. The number of hydrogen-bond acceptors (Lipinski definition) is 3. The van der Waals surface area contributed by atoms with Crippen LogP contribution in [0.15, 0.2) is 35.5 Å². The molecule has 98 valence electrons.